The minimum absolute atomic E-state index is 0.0953. The topological polar surface area (TPSA) is 99.5 Å². The summed E-state index contributed by atoms with van der Waals surface area (Å²) in [5, 5.41) is 23.0. The predicted molar refractivity (Wildman–Crippen MR) is 136 cm³/mol. The van der Waals surface area contributed by atoms with Crippen LogP contribution in [0.25, 0.3) is 11.1 Å². The Morgan fingerprint density at radius 1 is 1.09 bits per heavy atom. The first kappa shape index (κ1) is 24.9. The molecule has 1 aliphatic rings. The van der Waals surface area contributed by atoms with Gasteiger partial charge in [-0.2, -0.15) is 0 Å². The number of rotatable bonds is 8. The Balaban J connectivity index is 1.60. The number of aliphatic carboxylic acids is 1. The van der Waals surface area contributed by atoms with E-state index in [9.17, 15) is 14.7 Å². The number of hydrogen-bond acceptors (Lipinski definition) is 4. The van der Waals surface area contributed by atoms with Gasteiger partial charge in [0.15, 0.2) is 0 Å². The van der Waals surface area contributed by atoms with Crippen LogP contribution in [0.1, 0.15) is 60.8 Å². The quantitative estimate of drug-likeness (QED) is 0.351. The molecule has 7 heteroatoms. The molecule has 0 radical (unpaired) electrons. The highest BCUT2D eigenvalue weighted by atomic mass is 35.5. The fourth-order valence-corrected chi connectivity index (χ4v) is 5.19. The summed E-state index contributed by atoms with van der Waals surface area (Å²) in [5.74, 6) is -1.24. The second-order valence-electron chi connectivity index (χ2n) is 9.16. The molecule has 4 rings (SSSR count). The van der Waals surface area contributed by atoms with Crippen LogP contribution in [0.2, 0.25) is 5.02 Å². The molecular formula is C28H29ClN2O4. The Bertz CT molecular complexity index is 1210. The number of aromatic nitrogens is 1. The van der Waals surface area contributed by atoms with E-state index in [1.54, 1.807) is 37.5 Å². The summed E-state index contributed by atoms with van der Waals surface area (Å²) < 4.78 is 0. The molecule has 2 atom stereocenters. The van der Waals surface area contributed by atoms with Crippen LogP contribution in [0.15, 0.2) is 60.9 Å². The SMILES string of the molecule is Cc1c(NC(=O)C(c2ccc(-c3cncc(Cl)c3)cc2)C2CCCC2)cccc1C(O)CC(=O)O. The number of nitrogens with one attached hydrogen (secondary N) is 1. The van der Waals surface area contributed by atoms with E-state index < -0.39 is 18.5 Å². The van der Waals surface area contributed by atoms with Crippen LogP contribution in [-0.2, 0) is 9.59 Å². The number of hydrogen-bond donors (Lipinski definition) is 3. The Labute approximate surface area is 210 Å². The van der Waals surface area contributed by atoms with Crippen molar-refractivity contribution in [3.05, 3.63) is 82.6 Å². The van der Waals surface area contributed by atoms with Crippen LogP contribution in [0, 0.1) is 12.8 Å². The molecule has 0 saturated heterocycles. The minimum atomic E-state index is -1.14. The van der Waals surface area contributed by atoms with Gasteiger partial charge in [0, 0.05) is 23.6 Å². The highest BCUT2D eigenvalue weighted by molar-refractivity contribution is 6.30. The largest absolute Gasteiger partial charge is 0.481 e. The van der Waals surface area contributed by atoms with Crippen molar-refractivity contribution in [1.82, 2.24) is 4.98 Å². The maximum Gasteiger partial charge on any atom is 0.306 e. The van der Waals surface area contributed by atoms with Gasteiger partial charge in [-0.3, -0.25) is 14.6 Å². The monoisotopic (exact) mass is 492 g/mol. The van der Waals surface area contributed by atoms with Crippen LogP contribution in [0.5, 0.6) is 0 Å². The molecule has 1 saturated carbocycles. The summed E-state index contributed by atoms with van der Waals surface area (Å²) in [4.78, 5) is 28.8. The third-order valence-corrected chi connectivity index (χ3v) is 7.03. The molecule has 2 aromatic carbocycles. The van der Waals surface area contributed by atoms with Crippen molar-refractivity contribution in [2.45, 2.75) is 51.0 Å². The minimum Gasteiger partial charge on any atom is -0.481 e. The number of carboxylic acids is 1. The molecular weight excluding hydrogens is 464 g/mol. The summed E-state index contributed by atoms with van der Waals surface area (Å²) in [6.45, 7) is 1.79. The van der Waals surface area contributed by atoms with E-state index in [0.29, 0.717) is 21.8 Å². The molecule has 3 N–H and O–H groups in total. The lowest BCUT2D eigenvalue weighted by Crippen LogP contribution is -2.27. The third kappa shape index (κ3) is 5.89. The van der Waals surface area contributed by atoms with E-state index in [0.717, 1.165) is 42.4 Å². The second-order valence-corrected chi connectivity index (χ2v) is 9.60. The van der Waals surface area contributed by atoms with Gasteiger partial charge in [0.05, 0.1) is 23.5 Å². The van der Waals surface area contributed by atoms with Crippen LogP contribution in [0.3, 0.4) is 0 Å². The molecule has 0 bridgehead atoms. The van der Waals surface area contributed by atoms with E-state index in [1.807, 2.05) is 30.3 Å². The van der Waals surface area contributed by atoms with Crippen molar-refractivity contribution in [3.63, 3.8) is 0 Å². The first-order valence-electron chi connectivity index (χ1n) is 11.8. The van der Waals surface area contributed by atoms with Gasteiger partial charge in [-0.1, -0.05) is 60.8 Å². The number of carboxylic acid groups (broad SMARTS) is 1. The molecule has 0 spiro atoms. The summed E-state index contributed by atoms with van der Waals surface area (Å²) in [7, 11) is 0. The number of aliphatic hydroxyl groups is 1. The van der Waals surface area contributed by atoms with E-state index in [1.165, 1.54) is 0 Å². The maximum absolute atomic E-state index is 13.6. The zero-order valence-corrected chi connectivity index (χ0v) is 20.3. The highest BCUT2D eigenvalue weighted by Crippen LogP contribution is 2.39. The van der Waals surface area contributed by atoms with Crippen LogP contribution < -0.4 is 5.32 Å². The van der Waals surface area contributed by atoms with Crippen molar-refractivity contribution < 1.29 is 19.8 Å². The lowest BCUT2D eigenvalue weighted by molar-refractivity contribution is -0.139. The average Bonchev–Trinajstić information content (AvgIpc) is 3.35. The van der Waals surface area contributed by atoms with Crippen molar-refractivity contribution in [2.75, 3.05) is 5.32 Å². The van der Waals surface area contributed by atoms with E-state index in [2.05, 4.69) is 10.3 Å². The molecule has 1 fully saturated rings. The first-order valence-corrected chi connectivity index (χ1v) is 12.2. The van der Waals surface area contributed by atoms with E-state index in [-0.39, 0.29) is 17.7 Å². The van der Waals surface area contributed by atoms with Gasteiger partial charge in [-0.15, -0.1) is 0 Å². The van der Waals surface area contributed by atoms with Crippen molar-refractivity contribution in [3.8, 4) is 11.1 Å². The number of carbonyl (C=O) groups is 2. The van der Waals surface area contributed by atoms with E-state index in [4.69, 9.17) is 16.7 Å². The molecule has 2 unspecified atom stereocenters. The van der Waals surface area contributed by atoms with Gasteiger partial charge in [-0.05, 0) is 60.1 Å². The number of nitrogens with zero attached hydrogens (tertiary/aromatic N) is 1. The predicted octanol–water partition coefficient (Wildman–Crippen LogP) is 6.13. The van der Waals surface area contributed by atoms with Gasteiger partial charge >= 0.3 is 5.97 Å². The molecule has 1 aromatic heterocycles. The molecule has 1 aliphatic carbocycles. The summed E-state index contributed by atoms with van der Waals surface area (Å²) in [6.07, 6.45) is 6.03. The molecule has 1 amide bonds. The van der Waals surface area contributed by atoms with Crippen molar-refractivity contribution in [1.29, 1.82) is 0 Å². The summed E-state index contributed by atoms with van der Waals surface area (Å²) in [6, 6.07) is 15.0. The summed E-state index contributed by atoms with van der Waals surface area (Å²) in [5.41, 5.74) is 4.60. The molecule has 3 aromatic rings. The number of aliphatic hydroxyl groups excluding tert-OH is 1. The van der Waals surface area contributed by atoms with Crippen molar-refractivity contribution >= 4 is 29.2 Å². The van der Waals surface area contributed by atoms with Crippen molar-refractivity contribution in [2.24, 2.45) is 5.92 Å². The van der Waals surface area contributed by atoms with Gasteiger partial charge in [0.2, 0.25) is 5.91 Å². The van der Waals surface area contributed by atoms with Gasteiger partial charge in [0.25, 0.3) is 0 Å². The molecule has 182 valence electrons. The van der Waals surface area contributed by atoms with Gasteiger partial charge in [-0.25, -0.2) is 0 Å². The molecule has 6 nitrogen and oxygen atoms in total. The van der Waals surface area contributed by atoms with Gasteiger partial charge in [0.1, 0.15) is 0 Å². The molecule has 35 heavy (non-hydrogen) atoms. The lowest BCUT2D eigenvalue weighted by Gasteiger charge is -2.24. The third-order valence-electron chi connectivity index (χ3n) is 6.82. The smallest absolute Gasteiger partial charge is 0.306 e. The molecule has 0 aliphatic heterocycles. The standard InChI is InChI=1S/C28H29ClN2O4/c1-17-23(25(32)14-26(33)34)7-4-8-24(17)31-28(35)27(19-5-2-3-6-19)20-11-9-18(10-12-20)21-13-22(29)16-30-15-21/h4,7-13,15-16,19,25,27,32H,2-3,5-6,14H2,1H3,(H,31,35)(H,33,34). The molecule has 1 heterocycles. The number of halogens is 1. The Morgan fingerprint density at radius 3 is 2.46 bits per heavy atom. The fourth-order valence-electron chi connectivity index (χ4n) is 5.02. The number of pyridine rings is 1. The Kier molecular flexibility index (Phi) is 7.83. The van der Waals surface area contributed by atoms with Crippen LogP contribution in [-0.4, -0.2) is 27.1 Å². The fraction of sp³-hybridized carbons (Fsp3) is 0.321. The zero-order valence-electron chi connectivity index (χ0n) is 19.6. The first-order chi connectivity index (χ1) is 16.8. The van der Waals surface area contributed by atoms with Crippen LogP contribution >= 0.6 is 11.6 Å². The lowest BCUT2D eigenvalue weighted by atomic mass is 9.83. The Hall–Kier alpha value is -3.22. The van der Waals surface area contributed by atoms with E-state index >= 15 is 0 Å². The summed E-state index contributed by atoms with van der Waals surface area (Å²) >= 11 is 6.09. The zero-order chi connectivity index (χ0) is 24.9. The van der Waals surface area contributed by atoms with Crippen LogP contribution in [0.4, 0.5) is 5.69 Å². The number of benzene rings is 2. The average molecular weight is 493 g/mol. The highest BCUT2D eigenvalue weighted by Gasteiger charge is 2.32. The maximum atomic E-state index is 13.6. The normalized spacial score (nSPS) is 15.5. The Morgan fingerprint density at radius 2 is 1.80 bits per heavy atom. The number of carbonyl (C=O) groups excluding carboxylic acids is 1. The van der Waals surface area contributed by atoms with Gasteiger partial charge < -0.3 is 15.5 Å². The number of anilines is 1. The number of amides is 1. The second kappa shape index (κ2) is 11.0.